The minimum Gasteiger partial charge on any atom is -0.481 e. The summed E-state index contributed by atoms with van der Waals surface area (Å²) in [7, 11) is 0. The quantitative estimate of drug-likeness (QED) is 0.575. The van der Waals surface area contributed by atoms with E-state index < -0.39 is 23.5 Å². The summed E-state index contributed by atoms with van der Waals surface area (Å²) in [5, 5.41) is 12.4. The van der Waals surface area contributed by atoms with Crippen LogP contribution in [0.1, 0.15) is 23.6 Å². The van der Waals surface area contributed by atoms with Gasteiger partial charge in [-0.1, -0.05) is 29.8 Å². The van der Waals surface area contributed by atoms with E-state index in [-0.39, 0.29) is 24.2 Å². The summed E-state index contributed by atoms with van der Waals surface area (Å²) in [6.45, 7) is 0. The monoisotopic (exact) mass is 421 g/mol. The first-order valence-electron chi connectivity index (χ1n) is 8.23. The van der Waals surface area contributed by atoms with Crippen molar-refractivity contribution >= 4 is 34.7 Å². The predicted molar refractivity (Wildman–Crippen MR) is 103 cm³/mol. The van der Waals surface area contributed by atoms with E-state index in [0.717, 1.165) is 17.7 Å². The molecule has 2 aromatic carbocycles. The van der Waals surface area contributed by atoms with Crippen LogP contribution in [0.15, 0.2) is 47.8 Å². The van der Waals surface area contributed by atoms with Gasteiger partial charge in [0.05, 0.1) is 11.6 Å². The number of carbonyl (C=O) groups is 2. The molecule has 0 spiro atoms. The van der Waals surface area contributed by atoms with Crippen molar-refractivity contribution in [2.24, 2.45) is 0 Å². The fraction of sp³-hybridized carbons (Fsp3) is 0.150. The number of rotatable bonds is 7. The van der Waals surface area contributed by atoms with Crippen molar-refractivity contribution < 1.29 is 23.5 Å². The van der Waals surface area contributed by atoms with Crippen molar-refractivity contribution in [1.82, 2.24) is 4.98 Å². The number of hydrogen-bond donors (Lipinski definition) is 1. The summed E-state index contributed by atoms with van der Waals surface area (Å²) in [6, 6.07) is 9.97. The molecule has 1 atom stereocenters. The Morgan fingerprint density at radius 2 is 1.93 bits per heavy atom. The number of halogens is 3. The van der Waals surface area contributed by atoms with Crippen LogP contribution in [0.25, 0.3) is 10.6 Å². The fourth-order valence-electron chi connectivity index (χ4n) is 2.72. The number of benzene rings is 2. The molecule has 28 heavy (non-hydrogen) atoms. The van der Waals surface area contributed by atoms with E-state index in [9.17, 15) is 23.5 Å². The largest absolute Gasteiger partial charge is 0.481 e. The number of nitrogens with zero attached hydrogens (tertiary/aromatic N) is 1. The van der Waals surface area contributed by atoms with Gasteiger partial charge in [-0.05, 0) is 29.8 Å². The number of carboxylic acids is 1. The molecule has 1 N–H and O–H groups in total. The maximum Gasteiger partial charge on any atom is 0.311 e. The van der Waals surface area contributed by atoms with Crippen molar-refractivity contribution in [3.05, 3.63) is 75.8 Å². The molecule has 0 bridgehead atoms. The second-order valence-electron chi connectivity index (χ2n) is 6.14. The Kier molecular flexibility index (Phi) is 6.16. The van der Waals surface area contributed by atoms with Crippen molar-refractivity contribution in [3.63, 3.8) is 0 Å². The zero-order valence-corrected chi connectivity index (χ0v) is 15.9. The molecule has 1 unspecified atom stereocenters. The number of hydrogen-bond acceptors (Lipinski definition) is 4. The number of Topliss-reactive ketones (excluding diaryl/α,β-unsaturated/α-hetero) is 1. The Hall–Kier alpha value is -2.64. The molecular formula is C20H14ClF2NO3S. The van der Waals surface area contributed by atoms with Gasteiger partial charge >= 0.3 is 5.97 Å². The van der Waals surface area contributed by atoms with E-state index in [1.54, 1.807) is 23.6 Å². The van der Waals surface area contributed by atoms with Gasteiger partial charge in [0.2, 0.25) is 0 Å². The van der Waals surface area contributed by atoms with Gasteiger partial charge in [0, 0.05) is 28.8 Å². The minimum atomic E-state index is -1.28. The molecule has 4 nitrogen and oxygen atoms in total. The molecule has 0 fully saturated rings. The third-order valence-corrected chi connectivity index (χ3v) is 5.25. The highest BCUT2D eigenvalue weighted by Gasteiger charge is 2.25. The van der Waals surface area contributed by atoms with E-state index in [1.807, 2.05) is 6.07 Å². The lowest BCUT2D eigenvalue weighted by Gasteiger charge is -2.12. The Bertz CT molecular complexity index is 1040. The smallest absolute Gasteiger partial charge is 0.311 e. The predicted octanol–water partition coefficient (Wildman–Crippen LogP) is 5.11. The summed E-state index contributed by atoms with van der Waals surface area (Å²) in [5.41, 5.74) is 1.37. The van der Waals surface area contributed by atoms with Crippen LogP contribution in [0.4, 0.5) is 8.78 Å². The zero-order chi connectivity index (χ0) is 20.3. The molecule has 0 saturated heterocycles. The highest BCUT2D eigenvalue weighted by Crippen LogP contribution is 2.27. The summed E-state index contributed by atoms with van der Waals surface area (Å²) >= 11 is 7.32. The van der Waals surface area contributed by atoms with Crippen LogP contribution in [-0.2, 0) is 16.0 Å². The number of thiazole rings is 1. The third kappa shape index (κ3) is 4.79. The van der Waals surface area contributed by atoms with E-state index >= 15 is 0 Å². The lowest BCUT2D eigenvalue weighted by Crippen LogP contribution is -2.18. The van der Waals surface area contributed by atoms with Gasteiger partial charge in [0.15, 0.2) is 11.6 Å². The molecule has 1 heterocycles. The van der Waals surface area contributed by atoms with Gasteiger partial charge in [-0.25, -0.2) is 13.8 Å². The number of aromatic nitrogens is 1. The number of aliphatic carboxylic acids is 1. The molecule has 8 heteroatoms. The average Bonchev–Trinajstić information content (AvgIpc) is 3.10. The normalized spacial score (nSPS) is 12.0. The molecule has 3 aromatic rings. The van der Waals surface area contributed by atoms with Gasteiger partial charge in [-0.3, -0.25) is 9.59 Å². The van der Waals surface area contributed by atoms with Crippen LogP contribution < -0.4 is 0 Å². The Morgan fingerprint density at radius 1 is 1.14 bits per heavy atom. The van der Waals surface area contributed by atoms with E-state index in [1.165, 1.54) is 17.4 Å². The van der Waals surface area contributed by atoms with Crippen molar-refractivity contribution in [3.8, 4) is 10.6 Å². The Labute approximate surface area is 168 Å². The van der Waals surface area contributed by atoms with E-state index in [4.69, 9.17) is 11.6 Å². The Morgan fingerprint density at radius 3 is 2.61 bits per heavy atom. The van der Waals surface area contributed by atoms with Crippen LogP contribution in [0.2, 0.25) is 5.02 Å². The average molecular weight is 422 g/mol. The molecule has 0 saturated carbocycles. The highest BCUT2D eigenvalue weighted by molar-refractivity contribution is 7.13. The second kappa shape index (κ2) is 8.58. The number of carbonyl (C=O) groups excluding carboxylic acids is 1. The summed E-state index contributed by atoms with van der Waals surface area (Å²) in [4.78, 5) is 28.3. The van der Waals surface area contributed by atoms with Gasteiger partial charge in [0.1, 0.15) is 10.8 Å². The number of ketones is 1. The molecule has 0 radical (unpaired) electrons. The molecular weight excluding hydrogens is 408 g/mol. The summed E-state index contributed by atoms with van der Waals surface area (Å²) in [6.07, 6.45) is -0.394. The summed E-state index contributed by atoms with van der Waals surface area (Å²) < 4.78 is 26.5. The second-order valence-corrected chi connectivity index (χ2v) is 7.43. The van der Waals surface area contributed by atoms with Crippen LogP contribution in [-0.4, -0.2) is 21.8 Å². The lowest BCUT2D eigenvalue weighted by molar-refractivity contribution is -0.140. The first-order chi connectivity index (χ1) is 13.3. The van der Waals surface area contributed by atoms with Crippen LogP contribution in [0.5, 0.6) is 0 Å². The molecule has 0 aliphatic carbocycles. The molecule has 0 aliphatic heterocycles. The van der Waals surface area contributed by atoms with Crippen molar-refractivity contribution in [1.29, 1.82) is 0 Å². The van der Waals surface area contributed by atoms with Gasteiger partial charge in [0.25, 0.3) is 0 Å². The van der Waals surface area contributed by atoms with Gasteiger partial charge in [-0.2, -0.15) is 0 Å². The maximum absolute atomic E-state index is 13.4. The lowest BCUT2D eigenvalue weighted by atomic mass is 9.92. The maximum atomic E-state index is 13.4. The molecule has 0 aliphatic rings. The molecule has 1 aromatic heterocycles. The standard InChI is InChI=1S/C20H14ClF2NO3S/c21-13-3-1-2-12(6-13)19-24-14(10-28-19)8-15(25)9-16(20(26)27)11-4-5-17(22)18(23)7-11/h1-7,10,16H,8-9H2,(H,26,27). The molecule has 3 rings (SSSR count). The zero-order valence-electron chi connectivity index (χ0n) is 14.4. The highest BCUT2D eigenvalue weighted by atomic mass is 35.5. The summed E-state index contributed by atoms with van der Waals surface area (Å²) in [5.74, 6) is -5.12. The SMILES string of the molecule is O=C(Cc1csc(-c2cccc(Cl)c2)n1)CC(C(=O)O)c1ccc(F)c(F)c1. The van der Waals surface area contributed by atoms with E-state index in [2.05, 4.69) is 4.98 Å². The minimum absolute atomic E-state index is 0.0395. The van der Waals surface area contributed by atoms with E-state index in [0.29, 0.717) is 15.7 Å². The fourth-order valence-corrected chi connectivity index (χ4v) is 3.73. The third-order valence-electron chi connectivity index (χ3n) is 4.08. The van der Waals surface area contributed by atoms with Crippen molar-refractivity contribution in [2.45, 2.75) is 18.8 Å². The van der Waals surface area contributed by atoms with Gasteiger partial charge < -0.3 is 5.11 Å². The number of carboxylic acid groups (broad SMARTS) is 1. The van der Waals surface area contributed by atoms with Crippen LogP contribution >= 0.6 is 22.9 Å². The Balaban J connectivity index is 1.71. The van der Waals surface area contributed by atoms with Crippen LogP contribution in [0, 0.1) is 11.6 Å². The first-order valence-corrected chi connectivity index (χ1v) is 9.49. The first kappa shape index (κ1) is 20.1. The van der Waals surface area contributed by atoms with Crippen molar-refractivity contribution in [2.75, 3.05) is 0 Å². The van der Waals surface area contributed by atoms with Gasteiger partial charge in [-0.15, -0.1) is 11.3 Å². The topological polar surface area (TPSA) is 67.3 Å². The molecule has 144 valence electrons. The molecule has 0 amide bonds. The van der Waals surface area contributed by atoms with Crippen LogP contribution in [0.3, 0.4) is 0 Å².